The smallest absolute Gasteiger partial charge is 0.350 e. The van der Waals surface area contributed by atoms with Gasteiger partial charge < -0.3 is 20.1 Å². The number of rotatable bonds is 11. The number of H-pyrrole nitrogens is 1. The normalized spacial score (nSPS) is 12.4. The third kappa shape index (κ3) is 9.92. The predicted octanol–water partition coefficient (Wildman–Crippen LogP) is 4.77. The molecule has 264 valence electrons. The Hall–Kier alpha value is -5.22. The standard InChI is InChI=1S/C35H38F4N8O2S/c1-7-40-33-32(43-28-21-41-42-22-28)11-9-15-47(33)14-8-10-25-19-29(31(36)18-24(25)2)34(48)44-27-13-12-26(30(20-27)35(37,38)39)23-45(3)16-17-46(4)50(5,6)49/h1,9,11-13,15,18-22,43,50H,14,16-17,23H2,2-6H3,(H,41,42)(H,44,48)/b40-33-. The number of halogens is 4. The molecule has 0 bridgehead atoms. The summed E-state index contributed by atoms with van der Waals surface area (Å²) in [7, 11) is 0.890. The molecule has 0 aliphatic carbocycles. The number of hydrogen-bond acceptors (Lipinski definition) is 6. The van der Waals surface area contributed by atoms with Gasteiger partial charge in [0.25, 0.3) is 5.91 Å². The number of carbonyl (C=O) groups excluding carboxylic acids is 1. The van der Waals surface area contributed by atoms with Crippen molar-refractivity contribution in [3.63, 3.8) is 0 Å². The summed E-state index contributed by atoms with van der Waals surface area (Å²) in [5, 5.41) is 12.2. The summed E-state index contributed by atoms with van der Waals surface area (Å²) in [5.74, 6) is 4.15. The third-order valence-corrected chi connectivity index (χ3v) is 9.61. The fraction of sp³-hybridized carbons (Fsp3) is 0.286. The molecule has 0 saturated heterocycles. The number of alkyl halides is 3. The third-order valence-electron chi connectivity index (χ3n) is 7.76. The number of aromatic amines is 1. The number of aryl methyl sites for hydroxylation is 1. The maximum Gasteiger partial charge on any atom is 0.416 e. The second-order valence-corrected chi connectivity index (χ2v) is 15.2. The fourth-order valence-electron chi connectivity index (χ4n) is 4.81. The van der Waals surface area contributed by atoms with Crippen molar-refractivity contribution in [2.45, 2.75) is 26.2 Å². The van der Waals surface area contributed by atoms with Gasteiger partial charge in [0.1, 0.15) is 5.82 Å². The minimum Gasteiger partial charge on any atom is -0.350 e. The van der Waals surface area contributed by atoms with Crippen molar-refractivity contribution >= 4 is 33.1 Å². The summed E-state index contributed by atoms with van der Waals surface area (Å²) in [6.07, 6.45) is 8.97. The Labute approximate surface area is 289 Å². The van der Waals surface area contributed by atoms with Gasteiger partial charge >= 0.3 is 6.18 Å². The molecule has 0 saturated carbocycles. The van der Waals surface area contributed by atoms with Gasteiger partial charge in [0.15, 0.2) is 5.49 Å². The highest BCUT2D eigenvalue weighted by atomic mass is 32.3. The molecular weight excluding hydrogens is 672 g/mol. The number of carbonyl (C=O) groups is 1. The number of anilines is 3. The van der Waals surface area contributed by atoms with Gasteiger partial charge in [-0.25, -0.2) is 8.70 Å². The van der Waals surface area contributed by atoms with Crippen molar-refractivity contribution in [1.82, 2.24) is 24.0 Å². The van der Waals surface area contributed by atoms with E-state index in [9.17, 15) is 22.2 Å². The first kappa shape index (κ1) is 37.6. The van der Waals surface area contributed by atoms with E-state index in [1.54, 1.807) is 78.0 Å². The molecule has 3 N–H and O–H groups in total. The predicted molar refractivity (Wildman–Crippen MR) is 188 cm³/mol. The number of aromatic nitrogens is 3. The number of thiol groups is 1. The van der Waals surface area contributed by atoms with Crippen LogP contribution in [-0.4, -0.2) is 73.8 Å². The lowest BCUT2D eigenvalue weighted by Crippen LogP contribution is -2.37. The van der Waals surface area contributed by atoms with E-state index in [1.807, 2.05) is 0 Å². The quantitative estimate of drug-likeness (QED) is 0.102. The lowest BCUT2D eigenvalue weighted by molar-refractivity contribution is -0.138. The second kappa shape index (κ2) is 16.0. The largest absolute Gasteiger partial charge is 0.416 e. The van der Waals surface area contributed by atoms with Crippen LogP contribution in [0.3, 0.4) is 0 Å². The molecule has 50 heavy (non-hydrogen) atoms. The van der Waals surface area contributed by atoms with Crippen LogP contribution in [0.2, 0.25) is 0 Å². The summed E-state index contributed by atoms with van der Waals surface area (Å²) in [6.45, 7) is 2.51. The van der Waals surface area contributed by atoms with Crippen LogP contribution in [0.5, 0.6) is 0 Å². The molecule has 0 aliphatic rings. The van der Waals surface area contributed by atoms with Crippen molar-refractivity contribution in [3.05, 3.63) is 100 Å². The molecule has 2 aromatic heterocycles. The molecule has 10 nitrogen and oxygen atoms in total. The molecule has 1 amide bonds. The Bertz CT molecular complexity index is 2070. The van der Waals surface area contributed by atoms with Crippen molar-refractivity contribution in [2.24, 2.45) is 4.99 Å². The van der Waals surface area contributed by atoms with E-state index in [4.69, 9.17) is 6.42 Å². The molecule has 4 aromatic rings. The highest BCUT2D eigenvalue weighted by Gasteiger charge is 2.34. The van der Waals surface area contributed by atoms with Crippen molar-refractivity contribution in [3.8, 4) is 24.3 Å². The first-order chi connectivity index (χ1) is 23.6. The minimum atomic E-state index is -4.71. The number of terminal acetylenes is 1. The zero-order chi connectivity index (χ0) is 36.6. The molecule has 0 atom stereocenters. The summed E-state index contributed by atoms with van der Waals surface area (Å²) < 4.78 is 73.0. The summed E-state index contributed by atoms with van der Waals surface area (Å²) in [4.78, 5) is 19.0. The van der Waals surface area contributed by atoms with E-state index < -0.39 is 33.6 Å². The zero-order valence-corrected chi connectivity index (χ0v) is 29.1. The minimum absolute atomic E-state index is 0.00484. The van der Waals surface area contributed by atoms with Gasteiger partial charge in [0.05, 0.1) is 35.2 Å². The number of nitrogens with one attached hydrogen (secondary N) is 3. The van der Waals surface area contributed by atoms with Crippen LogP contribution in [0.15, 0.2) is 66.0 Å². The fourth-order valence-corrected chi connectivity index (χ4v) is 5.38. The van der Waals surface area contributed by atoms with Crippen LogP contribution in [0.25, 0.3) is 0 Å². The first-order valence-corrected chi connectivity index (χ1v) is 17.8. The van der Waals surface area contributed by atoms with Crippen molar-refractivity contribution in [1.29, 1.82) is 0 Å². The zero-order valence-electron chi connectivity index (χ0n) is 28.2. The Kier molecular flexibility index (Phi) is 12.0. The topological polar surface area (TPSA) is 111 Å². The molecular formula is C35H38F4N8O2S. The van der Waals surface area contributed by atoms with Crippen LogP contribution in [0.4, 0.5) is 34.6 Å². The van der Waals surface area contributed by atoms with Gasteiger partial charge in [-0.15, -0.1) is 0 Å². The van der Waals surface area contributed by atoms with Crippen LogP contribution >= 0.6 is 0 Å². The van der Waals surface area contributed by atoms with Gasteiger partial charge in [-0.2, -0.15) is 23.3 Å². The number of nitrogens with zero attached hydrogens (tertiary/aromatic N) is 5. The Morgan fingerprint density at radius 3 is 2.56 bits per heavy atom. The summed E-state index contributed by atoms with van der Waals surface area (Å²) in [6, 6.07) is 11.7. The van der Waals surface area contributed by atoms with Gasteiger partial charge in [0.2, 0.25) is 0 Å². The molecule has 0 spiro atoms. The molecule has 4 rings (SSSR count). The molecule has 2 aromatic carbocycles. The second-order valence-electron chi connectivity index (χ2n) is 11.9. The maximum absolute atomic E-state index is 15.0. The van der Waals surface area contributed by atoms with Crippen LogP contribution in [0, 0.1) is 37.0 Å². The van der Waals surface area contributed by atoms with Crippen molar-refractivity contribution in [2.75, 3.05) is 50.3 Å². The molecule has 0 radical (unpaired) electrons. The first-order valence-electron chi connectivity index (χ1n) is 15.3. The van der Waals surface area contributed by atoms with E-state index in [-0.39, 0.29) is 29.9 Å². The number of amides is 1. The molecule has 0 fully saturated rings. The van der Waals surface area contributed by atoms with Gasteiger partial charge in [-0.1, -0.05) is 34.4 Å². The average molecular weight is 711 g/mol. The molecule has 0 aliphatic heterocycles. The molecule has 0 unspecified atom stereocenters. The van der Waals surface area contributed by atoms with Gasteiger partial charge in [0, 0.05) is 61.8 Å². The van der Waals surface area contributed by atoms with Crippen LogP contribution in [-0.2, 0) is 29.4 Å². The number of benzene rings is 2. The van der Waals surface area contributed by atoms with Crippen LogP contribution in [0.1, 0.15) is 32.6 Å². The average Bonchev–Trinajstić information content (AvgIpc) is 3.55. The Morgan fingerprint density at radius 1 is 1.14 bits per heavy atom. The van der Waals surface area contributed by atoms with Gasteiger partial charge in [-0.3, -0.25) is 14.1 Å². The van der Waals surface area contributed by atoms with E-state index >= 15 is 4.39 Å². The van der Waals surface area contributed by atoms with E-state index in [0.29, 0.717) is 41.1 Å². The summed E-state index contributed by atoms with van der Waals surface area (Å²) in [5.41, 5.74) is 1.06. The lowest BCUT2D eigenvalue weighted by Gasteiger charge is -2.28. The number of pyridine rings is 1. The highest BCUT2D eigenvalue weighted by Crippen LogP contribution is 2.34. The highest BCUT2D eigenvalue weighted by molar-refractivity contribution is 7.99. The number of likely N-dealkylation sites (N-methyl/N-ethyl adjacent to an activating group) is 2. The van der Waals surface area contributed by atoms with E-state index in [0.717, 1.165) is 12.1 Å². The van der Waals surface area contributed by atoms with Crippen LogP contribution < -0.4 is 16.1 Å². The van der Waals surface area contributed by atoms with E-state index in [1.165, 1.54) is 18.2 Å². The lowest BCUT2D eigenvalue weighted by atomic mass is 10.0. The molecule has 2 heterocycles. The monoisotopic (exact) mass is 710 g/mol. The SMILES string of the molecule is C#C/N=c1/c(Nc2cn[nH]c2)cccn1CC#Cc1cc(C(=O)Nc2ccc(CN(C)CCN(C)[SH](C)(C)=O)c(C(F)(F)F)c2)c(F)cc1C. The Morgan fingerprint density at radius 2 is 1.90 bits per heavy atom. The van der Waals surface area contributed by atoms with Crippen molar-refractivity contribution < 1.29 is 26.6 Å². The van der Waals surface area contributed by atoms with Gasteiger partial charge in [-0.05, 0) is 68.5 Å². The van der Waals surface area contributed by atoms with E-state index in [2.05, 4.69) is 43.7 Å². The Balaban J connectivity index is 1.53. The number of hydrogen-bond donors (Lipinski definition) is 4. The maximum atomic E-state index is 15.0. The molecule has 15 heteroatoms. The summed E-state index contributed by atoms with van der Waals surface area (Å²) >= 11 is 0.